The zero-order valence-corrected chi connectivity index (χ0v) is 12.5. The second-order valence-electron chi connectivity index (χ2n) is 6.91. The van der Waals surface area contributed by atoms with Gasteiger partial charge in [0.2, 0.25) is 0 Å². The smallest absolute Gasteiger partial charge is 0.0847 e. The van der Waals surface area contributed by atoms with Crippen molar-refractivity contribution in [2.75, 3.05) is 26.3 Å². The van der Waals surface area contributed by atoms with E-state index in [1.807, 2.05) is 12.4 Å². The van der Waals surface area contributed by atoms with Gasteiger partial charge in [0.1, 0.15) is 0 Å². The molecule has 2 aliphatic heterocycles. The van der Waals surface area contributed by atoms with E-state index in [2.05, 4.69) is 22.0 Å². The maximum absolute atomic E-state index is 6.16. The van der Waals surface area contributed by atoms with Gasteiger partial charge in [-0.3, -0.25) is 9.88 Å². The summed E-state index contributed by atoms with van der Waals surface area (Å²) in [5.74, 6) is 0.841. The first-order valence-electron chi connectivity index (χ1n) is 8.18. The van der Waals surface area contributed by atoms with Crippen molar-refractivity contribution >= 4 is 0 Å². The molecule has 1 saturated carbocycles. The van der Waals surface area contributed by atoms with Gasteiger partial charge in [-0.05, 0) is 42.9 Å². The highest BCUT2D eigenvalue weighted by Gasteiger charge is 2.46. The Hall–Kier alpha value is -0.970. The van der Waals surface area contributed by atoms with Crippen LogP contribution in [0.4, 0.5) is 0 Å². The van der Waals surface area contributed by atoms with Crippen LogP contribution in [0.2, 0.25) is 0 Å². The molecule has 1 aromatic heterocycles. The van der Waals surface area contributed by atoms with E-state index in [9.17, 15) is 0 Å². The minimum atomic E-state index is 0.0568. The fourth-order valence-corrected chi connectivity index (χ4v) is 3.56. The summed E-state index contributed by atoms with van der Waals surface area (Å²) in [5.41, 5.74) is 1.39. The summed E-state index contributed by atoms with van der Waals surface area (Å²) in [7, 11) is 0. The number of pyridine rings is 1. The number of hydrogen-bond acceptors (Lipinski definition) is 4. The fraction of sp³-hybridized carbons (Fsp3) is 0.706. The molecule has 0 unspecified atom stereocenters. The topological polar surface area (TPSA) is 34.6 Å². The Bertz CT molecular complexity index is 477. The number of ether oxygens (including phenoxy) is 2. The second kappa shape index (κ2) is 5.67. The minimum absolute atomic E-state index is 0.0568. The number of nitrogens with zero attached hydrogens (tertiary/aromatic N) is 2. The van der Waals surface area contributed by atoms with Crippen LogP contribution < -0.4 is 0 Å². The molecule has 4 nitrogen and oxygen atoms in total. The van der Waals surface area contributed by atoms with Crippen LogP contribution in [-0.4, -0.2) is 47.9 Å². The molecule has 0 N–H and O–H groups in total. The molecule has 1 aromatic rings. The summed E-state index contributed by atoms with van der Waals surface area (Å²) >= 11 is 0. The Morgan fingerprint density at radius 1 is 1.33 bits per heavy atom. The van der Waals surface area contributed by atoms with Gasteiger partial charge in [-0.15, -0.1) is 0 Å². The Balaban J connectivity index is 1.29. The molecule has 114 valence electrons. The molecule has 1 spiro atoms. The van der Waals surface area contributed by atoms with Crippen LogP contribution in [0.1, 0.15) is 31.2 Å². The highest BCUT2D eigenvalue weighted by atomic mass is 16.6. The lowest BCUT2D eigenvalue weighted by molar-refractivity contribution is 0.000854. The lowest BCUT2D eigenvalue weighted by atomic mass is 9.98. The van der Waals surface area contributed by atoms with E-state index in [0.29, 0.717) is 6.10 Å². The van der Waals surface area contributed by atoms with Crippen LogP contribution in [0.25, 0.3) is 0 Å². The Labute approximate surface area is 126 Å². The van der Waals surface area contributed by atoms with Crippen molar-refractivity contribution in [1.82, 2.24) is 9.88 Å². The van der Waals surface area contributed by atoms with Gasteiger partial charge < -0.3 is 9.47 Å². The van der Waals surface area contributed by atoms with Crippen molar-refractivity contribution in [1.29, 1.82) is 0 Å². The van der Waals surface area contributed by atoms with Gasteiger partial charge in [-0.25, -0.2) is 0 Å². The maximum Gasteiger partial charge on any atom is 0.0847 e. The van der Waals surface area contributed by atoms with E-state index in [0.717, 1.165) is 51.6 Å². The molecule has 21 heavy (non-hydrogen) atoms. The van der Waals surface area contributed by atoms with E-state index in [-0.39, 0.29) is 5.60 Å². The summed E-state index contributed by atoms with van der Waals surface area (Å²) in [6.45, 7) is 4.90. The van der Waals surface area contributed by atoms with Gasteiger partial charge in [-0.1, -0.05) is 0 Å². The average molecular weight is 288 g/mol. The standard InChI is InChI=1S/C17H24N2O2/c1-2-15(1)11-20-16-9-17(21-12-16)5-8-19(13-17)10-14-3-6-18-7-4-14/h3-4,6-7,15-16H,1-2,5,8-13H2/t16-,17+/m1/s1. The molecule has 0 aromatic carbocycles. The summed E-state index contributed by atoms with van der Waals surface area (Å²) in [5, 5.41) is 0. The molecule has 1 aliphatic carbocycles. The molecule has 4 rings (SSSR count). The van der Waals surface area contributed by atoms with Crippen LogP contribution in [0.15, 0.2) is 24.5 Å². The Morgan fingerprint density at radius 3 is 3.00 bits per heavy atom. The first-order valence-corrected chi connectivity index (χ1v) is 8.18. The summed E-state index contributed by atoms with van der Waals surface area (Å²) in [4.78, 5) is 6.58. The molecular formula is C17H24N2O2. The third kappa shape index (κ3) is 3.28. The maximum atomic E-state index is 6.16. The van der Waals surface area contributed by atoms with Crippen molar-refractivity contribution in [3.63, 3.8) is 0 Å². The number of rotatable bonds is 5. The molecule has 3 fully saturated rings. The van der Waals surface area contributed by atoms with Crippen molar-refractivity contribution in [3.05, 3.63) is 30.1 Å². The Morgan fingerprint density at radius 2 is 2.19 bits per heavy atom. The van der Waals surface area contributed by atoms with Crippen molar-refractivity contribution < 1.29 is 9.47 Å². The third-order valence-electron chi connectivity index (χ3n) is 4.99. The van der Waals surface area contributed by atoms with Crippen molar-refractivity contribution in [2.24, 2.45) is 5.92 Å². The highest BCUT2D eigenvalue weighted by Crippen LogP contribution is 2.38. The summed E-state index contributed by atoms with van der Waals surface area (Å²) in [6.07, 6.45) is 9.00. The molecule has 0 amide bonds. The number of aromatic nitrogens is 1. The van der Waals surface area contributed by atoms with E-state index in [1.54, 1.807) is 0 Å². The molecule has 3 aliphatic rings. The summed E-state index contributed by atoms with van der Waals surface area (Å²) in [6, 6.07) is 4.20. The second-order valence-corrected chi connectivity index (χ2v) is 6.91. The lowest BCUT2D eigenvalue weighted by Crippen LogP contribution is -2.33. The van der Waals surface area contributed by atoms with E-state index >= 15 is 0 Å². The fourth-order valence-electron chi connectivity index (χ4n) is 3.56. The van der Waals surface area contributed by atoms with E-state index in [4.69, 9.17) is 9.47 Å². The largest absolute Gasteiger partial charge is 0.375 e. The molecule has 4 heteroatoms. The molecule has 3 heterocycles. The van der Waals surface area contributed by atoms with Gasteiger partial charge >= 0.3 is 0 Å². The van der Waals surface area contributed by atoms with Crippen molar-refractivity contribution in [2.45, 2.75) is 43.9 Å². The van der Waals surface area contributed by atoms with Crippen LogP contribution in [-0.2, 0) is 16.0 Å². The predicted molar refractivity (Wildman–Crippen MR) is 79.9 cm³/mol. The van der Waals surface area contributed by atoms with Gasteiger partial charge in [-0.2, -0.15) is 0 Å². The van der Waals surface area contributed by atoms with Crippen LogP contribution in [0, 0.1) is 5.92 Å². The zero-order chi connectivity index (χ0) is 14.1. The number of likely N-dealkylation sites (tertiary alicyclic amines) is 1. The SMILES string of the molecule is c1cc(CN2CC[C@]3(C[C@@H](OCC4CC4)CO3)C2)ccn1. The van der Waals surface area contributed by atoms with Crippen LogP contribution in [0.5, 0.6) is 0 Å². The number of hydrogen-bond donors (Lipinski definition) is 0. The van der Waals surface area contributed by atoms with E-state index in [1.165, 1.54) is 18.4 Å². The normalized spacial score (nSPS) is 33.0. The minimum Gasteiger partial charge on any atom is -0.375 e. The first-order chi connectivity index (χ1) is 10.3. The first kappa shape index (κ1) is 13.7. The van der Waals surface area contributed by atoms with Crippen LogP contribution >= 0.6 is 0 Å². The highest BCUT2D eigenvalue weighted by molar-refractivity contribution is 5.10. The molecular weight excluding hydrogens is 264 g/mol. The van der Waals surface area contributed by atoms with E-state index < -0.39 is 0 Å². The molecule has 2 saturated heterocycles. The van der Waals surface area contributed by atoms with Gasteiger partial charge in [0.15, 0.2) is 0 Å². The lowest BCUT2D eigenvalue weighted by Gasteiger charge is -2.23. The van der Waals surface area contributed by atoms with Gasteiger partial charge in [0, 0.05) is 45.1 Å². The quantitative estimate of drug-likeness (QED) is 0.832. The predicted octanol–water partition coefficient (Wildman–Crippen LogP) is 2.24. The van der Waals surface area contributed by atoms with Crippen LogP contribution in [0.3, 0.4) is 0 Å². The summed E-state index contributed by atoms with van der Waals surface area (Å²) < 4.78 is 12.2. The molecule has 0 bridgehead atoms. The molecule has 0 radical (unpaired) electrons. The monoisotopic (exact) mass is 288 g/mol. The van der Waals surface area contributed by atoms with Gasteiger partial charge in [0.25, 0.3) is 0 Å². The third-order valence-corrected chi connectivity index (χ3v) is 4.99. The van der Waals surface area contributed by atoms with Crippen molar-refractivity contribution in [3.8, 4) is 0 Å². The zero-order valence-electron chi connectivity index (χ0n) is 12.5. The average Bonchev–Trinajstić information content (AvgIpc) is 3.15. The van der Waals surface area contributed by atoms with Gasteiger partial charge in [0.05, 0.1) is 18.3 Å². The molecule has 2 atom stereocenters. The Kier molecular flexibility index (Phi) is 3.69.